The quantitative estimate of drug-likeness (QED) is 0.283. The number of benzene rings is 1. The normalized spacial score (nSPS) is 11.3. The van der Waals surface area contributed by atoms with Crippen LogP contribution in [-0.2, 0) is 11.3 Å². The highest BCUT2D eigenvalue weighted by Gasteiger charge is 2.19. The average Bonchev–Trinajstić information content (AvgIpc) is 3.17. The SMILES string of the molecule is CNCCCN(C)Cc1c[nH]c2[nH+]cnc(Nc3ccc(OC(F)F)c(OCC(=O)O)c3)c12. The van der Waals surface area contributed by atoms with E-state index in [2.05, 4.69) is 35.2 Å². The second-order valence-electron chi connectivity index (χ2n) is 7.36. The van der Waals surface area contributed by atoms with Crippen molar-refractivity contribution in [3.63, 3.8) is 0 Å². The van der Waals surface area contributed by atoms with Crippen molar-refractivity contribution in [2.45, 2.75) is 19.6 Å². The van der Waals surface area contributed by atoms with Gasteiger partial charge in [-0.1, -0.05) is 4.98 Å². The molecule has 2 aromatic heterocycles. The highest BCUT2D eigenvalue weighted by Crippen LogP contribution is 2.34. The molecule has 1 aromatic carbocycles. The summed E-state index contributed by atoms with van der Waals surface area (Å²) in [7, 11) is 3.96. The maximum absolute atomic E-state index is 12.7. The number of nitrogens with one attached hydrogen (secondary N) is 4. The van der Waals surface area contributed by atoms with Crippen molar-refractivity contribution in [1.82, 2.24) is 20.2 Å². The van der Waals surface area contributed by atoms with Crippen molar-refractivity contribution < 1.29 is 33.1 Å². The summed E-state index contributed by atoms with van der Waals surface area (Å²) >= 11 is 0. The molecule has 33 heavy (non-hydrogen) atoms. The number of ether oxygens (including phenoxy) is 2. The van der Waals surface area contributed by atoms with E-state index in [0.29, 0.717) is 18.1 Å². The van der Waals surface area contributed by atoms with E-state index >= 15 is 0 Å². The molecular formula is C21H27F2N6O4+. The summed E-state index contributed by atoms with van der Waals surface area (Å²) in [4.78, 5) is 23.7. The van der Waals surface area contributed by atoms with Crippen molar-refractivity contribution in [2.24, 2.45) is 0 Å². The maximum Gasteiger partial charge on any atom is 0.387 e. The van der Waals surface area contributed by atoms with E-state index in [1.54, 1.807) is 0 Å². The molecule has 0 unspecified atom stereocenters. The fourth-order valence-electron chi connectivity index (χ4n) is 3.36. The smallest absolute Gasteiger partial charge is 0.387 e. The van der Waals surface area contributed by atoms with E-state index in [1.807, 2.05) is 20.3 Å². The van der Waals surface area contributed by atoms with E-state index in [1.165, 1.54) is 24.5 Å². The molecule has 0 fully saturated rings. The number of H-pyrrole nitrogens is 2. The molecule has 0 spiro atoms. The topological polar surface area (TPSA) is 126 Å². The summed E-state index contributed by atoms with van der Waals surface area (Å²) in [6.45, 7) is -1.25. The molecule has 178 valence electrons. The molecule has 0 aliphatic carbocycles. The first-order valence-corrected chi connectivity index (χ1v) is 10.3. The van der Waals surface area contributed by atoms with Gasteiger partial charge in [0, 0.05) is 23.9 Å². The van der Waals surface area contributed by atoms with Crippen molar-refractivity contribution in [2.75, 3.05) is 39.1 Å². The lowest BCUT2D eigenvalue weighted by atomic mass is 10.2. The minimum absolute atomic E-state index is 0.125. The third kappa shape index (κ3) is 6.73. The zero-order valence-corrected chi connectivity index (χ0v) is 18.3. The zero-order valence-electron chi connectivity index (χ0n) is 18.3. The molecule has 12 heteroatoms. The molecule has 0 amide bonds. The van der Waals surface area contributed by atoms with Gasteiger partial charge in [-0.05, 0) is 45.7 Å². The van der Waals surface area contributed by atoms with Gasteiger partial charge < -0.3 is 30.1 Å². The van der Waals surface area contributed by atoms with Gasteiger partial charge in [-0.25, -0.2) is 9.78 Å². The van der Waals surface area contributed by atoms with Gasteiger partial charge in [-0.15, -0.1) is 0 Å². The first kappa shape index (κ1) is 24.1. The maximum atomic E-state index is 12.7. The van der Waals surface area contributed by atoms with Crippen LogP contribution in [0.5, 0.6) is 11.5 Å². The molecular weight excluding hydrogens is 438 g/mol. The van der Waals surface area contributed by atoms with E-state index in [4.69, 9.17) is 9.84 Å². The Labute approximate surface area is 188 Å². The third-order valence-electron chi connectivity index (χ3n) is 4.78. The number of fused-ring (bicyclic) bond motifs is 1. The van der Waals surface area contributed by atoms with E-state index in [-0.39, 0.29) is 11.5 Å². The van der Waals surface area contributed by atoms with Gasteiger partial charge in [0.2, 0.25) is 17.8 Å². The van der Waals surface area contributed by atoms with Gasteiger partial charge in [0.25, 0.3) is 0 Å². The highest BCUT2D eigenvalue weighted by atomic mass is 19.3. The number of alkyl halides is 2. The molecule has 3 aromatic rings. The van der Waals surface area contributed by atoms with Crippen molar-refractivity contribution in [3.8, 4) is 11.5 Å². The second-order valence-corrected chi connectivity index (χ2v) is 7.36. The number of carboxylic acids is 1. The van der Waals surface area contributed by atoms with Crippen LogP contribution in [0.3, 0.4) is 0 Å². The molecule has 0 aliphatic heterocycles. The van der Waals surface area contributed by atoms with Crippen LogP contribution in [-0.4, -0.2) is 66.3 Å². The minimum Gasteiger partial charge on any atom is -0.479 e. The lowest BCUT2D eigenvalue weighted by molar-refractivity contribution is -0.352. The lowest BCUT2D eigenvalue weighted by Crippen LogP contribution is -2.22. The number of hydrogen-bond donors (Lipinski definition) is 4. The van der Waals surface area contributed by atoms with E-state index in [9.17, 15) is 13.6 Å². The van der Waals surface area contributed by atoms with Gasteiger partial charge >= 0.3 is 12.6 Å². The Morgan fingerprint density at radius 1 is 1.36 bits per heavy atom. The Morgan fingerprint density at radius 3 is 2.91 bits per heavy atom. The first-order chi connectivity index (χ1) is 15.9. The number of halogens is 2. The van der Waals surface area contributed by atoms with Crippen LogP contribution in [0.2, 0.25) is 0 Å². The van der Waals surface area contributed by atoms with Crippen LogP contribution in [0.25, 0.3) is 11.0 Å². The first-order valence-electron chi connectivity index (χ1n) is 10.3. The standard InChI is InChI=1S/C21H26F2N6O4/c1-24-6-3-7-29(2)10-13-9-25-19-18(13)20(27-12-26-19)28-14-4-5-15(33-21(22)23)16(8-14)32-11-17(30)31/h4-5,8-9,12,21,24H,3,6-7,10-11H2,1-2H3,(H,30,31)(H2,25,26,27,28)/p+1. The van der Waals surface area contributed by atoms with Crippen LogP contribution >= 0.6 is 0 Å². The Morgan fingerprint density at radius 2 is 2.18 bits per heavy atom. The number of nitrogens with zero attached hydrogens (tertiary/aromatic N) is 2. The average molecular weight is 465 g/mol. The Balaban J connectivity index is 1.85. The number of anilines is 2. The van der Waals surface area contributed by atoms with Gasteiger partial charge in [0.05, 0.1) is 6.20 Å². The van der Waals surface area contributed by atoms with E-state index < -0.39 is 19.2 Å². The number of aromatic nitrogens is 3. The molecule has 0 saturated heterocycles. The number of rotatable bonds is 13. The van der Waals surface area contributed by atoms with Crippen molar-refractivity contribution >= 4 is 28.5 Å². The predicted octanol–water partition coefficient (Wildman–Crippen LogP) is 2.23. The van der Waals surface area contributed by atoms with E-state index in [0.717, 1.165) is 36.1 Å². The number of carbonyl (C=O) groups is 1. The fourth-order valence-corrected chi connectivity index (χ4v) is 3.36. The van der Waals surface area contributed by atoms with Crippen molar-refractivity contribution in [1.29, 1.82) is 0 Å². The summed E-state index contributed by atoms with van der Waals surface area (Å²) < 4.78 is 35.0. The highest BCUT2D eigenvalue weighted by molar-refractivity contribution is 5.90. The van der Waals surface area contributed by atoms with Crippen LogP contribution in [0, 0.1) is 0 Å². The summed E-state index contributed by atoms with van der Waals surface area (Å²) in [6, 6.07) is 4.19. The summed E-state index contributed by atoms with van der Waals surface area (Å²) in [5.41, 5.74) is 2.25. The minimum atomic E-state index is -3.07. The van der Waals surface area contributed by atoms with Crippen LogP contribution < -0.4 is 25.1 Å². The number of aromatic amines is 2. The van der Waals surface area contributed by atoms with Gasteiger partial charge in [-0.2, -0.15) is 8.78 Å². The van der Waals surface area contributed by atoms with Gasteiger partial charge in [0.1, 0.15) is 5.39 Å². The zero-order chi connectivity index (χ0) is 23.8. The molecule has 5 N–H and O–H groups in total. The molecule has 0 aliphatic rings. The Hall–Kier alpha value is -3.51. The predicted molar refractivity (Wildman–Crippen MR) is 117 cm³/mol. The summed E-state index contributed by atoms with van der Waals surface area (Å²) in [6.07, 6.45) is 4.44. The number of carboxylic acid groups (broad SMARTS) is 1. The molecule has 0 radical (unpaired) electrons. The Kier molecular flexibility index (Phi) is 8.33. The molecule has 0 bridgehead atoms. The molecule has 0 saturated carbocycles. The second kappa shape index (κ2) is 11.4. The van der Waals surface area contributed by atoms with Gasteiger partial charge in [0.15, 0.2) is 18.1 Å². The number of hydrogen-bond acceptors (Lipinski definition) is 7. The van der Waals surface area contributed by atoms with Crippen LogP contribution in [0.1, 0.15) is 12.0 Å². The lowest BCUT2D eigenvalue weighted by Gasteiger charge is -2.16. The van der Waals surface area contributed by atoms with Crippen molar-refractivity contribution in [3.05, 3.63) is 36.3 Å². The van der Waals surface area contributed by atoms with Gasteiger partial charge in [-0.3, -0.25) is 4.98 Å². The molecule has 2 heterocycles. The molecule has 3 rings (SSSR count). The number of aliphatic carboxylic acids is 1. The Bertz CT molecular complexity index is 1080. The summed E-state index contributed by atoms with van der Waals surface area (Å²) in [5, 5.41) is 16.0. The summed E-state index contributed by atoms with van der Waals surface area (Å²) in [5.74, 6) is -1.09. The monoisotopic (exact) mass is 465 g/mol. The largest absolute Gasteiger partial charge is 0.479 e. The van der Waals surface area contributed by atoms with Crippen LogP contribution in [0.15, 0.2) is 30.7 Å². The molecule has 0 atom stereocenters. The third-order valence-corrected chi connectivity index (χ3v) is 4.78. The van der Waals surface area contributed by atoms with Crippen LogP contribution in [0.4, 0.5) is 20.3 Å². The fraction of sp³-hybridized carbons (Fsp3) is 0.381. The molecule has 10 nitrogen and oxygen atoms in total.